The number of nitrogens with zero attached hydrogens (tertiary/aromatic N) is 1. The van der Waals surface area contributed by atoms with Crippen LogP contribution in [0.4, 0.5) is 9.18 Å². The second kappa shape index (κ2) is 6.84. The van der Waals surface area contributed by atoms with Crippen molar-refractivity contribution >= 4 is 6.09 Å². The van der Waals surface area contributed by atoms with Crippen molar-refractivity contribution < 1.29 is 13.9 Å². The molecule has 2 aromatic rings. The minimum atomic E-state index is -0.294. The van der Waals surface area contributed by atoms with E-state index in [0.29, 0.717) is 13.1 Å². The Morgan fingerprint density at radius 2 is 1.96 bits per heavy atom. The average Bonchev–Trinajstić information content (AvgIpc) is 3.14. The molecule has 4 rings (SSSR count). The van der Waals surface area contributed by atoms with Gasteiger partial charge in [0, 0.05) is 13.1 Å². The zero-order chi connectivity index (χ0) is 17.2. The Morgan fingerprint density at radius 3 is 2.72 bits per heavy atom. The van der Waals surface area contributed by atoms with Crippen LogP contribution in [0.3, 0.4) is 0 Å². The maximum atomic E-state index is 13.4. The van der Waals surface area contributed by atoms with Crippen LogP contribution in [0, 0.1) is 5.82 Å². The maximum Gasteiger partial charge on any atom is 0.410 e. The number of fused-ring (bicyclic) bond motifs is 1. The number of carbonyl (C=O) groups is 1. The van der Waals surface area contributed by atoms with Gasteiger partial charge >= 0.3 is 6.09 Å². The van der Waals surface area contributed by atoms with Crippen molar-refractivity contribution in [2.75, 3.05) is 19.6 Å². The zero-order valence-electron chi connectivity index (χ0n) is 14.0. The van der Waals surface area contributed by atoms with Crippen LogP contribution in [-0.4, -0.2) is 36.7 Å². The van der Waals surface area contributed by atoms with Gasteiger partial charge in [0.25, 0.3) is 0 Å². The van der Waals surface area contributed by atoms with E-state index in [1.54, 1.807) is 17.0 Å². The quantitative estimate of drug-likeness (QED) is 0.912. The molecule has 2 atom stereocenters. The van der Waals surface area contributed by atoms with Crippen LogP contribution < -0.4 is 5.32 Å². The second-order valence-corrected chi connectivity index (χ2v) is 6.59. The van der Waals surface area contributed by atoms with Crippen LogP contribution in [0.15, 0.2) is 48.5 Å². The van der Waals surface area contributed by atoms with Gasteiger partial charge in [-0.3, -0.25) is 4.90 Å². The summed E-state index contributed by atoms with van der Waals surface area (Å²) in [6.45, 7) is 2.18. The molecule has 2 aliphatic heterocycles. The molecular weight excluding hydrogens is 319 g/mol. The first-order valence-electron chi connectivity index (χ1n) is 8.73. The van der Waals surface area contributed by atoms with Crippen LogP contribution in [0.1, 0.15) is 29.2 Å². The van der Waals surface area contributed by atoms with E-state index in [-0.39, 0.29) is 24.1 Å². The first kappa shape index (κ1) is 16.1. The summed E-state index contributed by atoms with van der Waals surface area (Å²) in [5.74, 6) is -0.279. The molecule has 130 valence electrons. The molecule has 25 heavy (non-hydrogen) atoms. The third-order valence-electron chi connectivity index (χ3n) is 4.99. The molecule has 2 aromatic carbocycles. The Labute approximate surface area is 146 Å². The number of ether oxygens (including phenoxy) is 1. The van der Waals surface area contributed by atoms with E-state index in [1.807, 2.05) is 18.2 Å². The highest BCUT2D eigenvalue weighted by molar-refractivity contribution is 5.70. The van der Waals surface area contributed by atoms with Gasteiger partial charge in [0.1, 0.15) is 11.9 Å². The molecule has 4 nitrogen and oxygen atoms in total. The van der Waals surface area contributed by atoms with Crippen LogP contribution in [0.25, 0.3) is 0 Å². The van der Waals surface area contributed by atoms with Gasteiger partial charge in [0.05, 0.1) is 6.04 Å². The van der Waals surface area contributed by atoms with Crippen molar-refractivity contribution in [2.45, 2.75) is 25.0 Å². The Balaban J connectivity index is 1.67. The van der Waals surface area contributed by atoms with E-state index in [2.05, 4.69) is 11.4 Å². The van der Waals surface area contributed by atoms with Crippen molar-refractivity contribution in [2.24, 2.45) is 0 Å². The van der Waals surface area contributed by atoms with E-state index in [9.17, 15) is 9.18 Å². The van der Waals surface area contributed by atoms with Crippen molar-refractivity contribution in [1.82, 2.24) is 10.2 Å². The molecular formula is C20H21FN2O2. The lowest BCUT2D eigenvalue weighted by molar-refractivity contribution is 0.0601. The van der Waals surface area contributed by atoms with Gasteiger partial charge in [-0.1, -0.05) is 36.4 Å². The molecule has 0 aromatic heterocycles. The summed E-state index contributed by atoms with van der Waals surface area (Å²) in [6, 6.07) is 14.3. The smallest absolute Gasteiger partial charge is 0.410 e. The highest BCUT2D eigenvalue weighted by Gasteiger charge is 2.34. The third kappa shape index (κ3) is 3.24. The fourth-order valence-electron chi connectivity index (χ4n) is 3.71. The molecule has 2 aliphatic rings. The van der Waals surface area contributed by atoms with Crippen molar-refractivity contribution in [3.63, 3.8) is 0 Å². The lowest BCUT2D eigenvalue weighted by Gasteiger charge is -2.37. The molecule has 2 heterocycles. The van der Waals surface area contributed by atoms with Crippen LogP contribution in [0.5, 0.6) is 0 Å². The summed E-state index contributed by atoms with van der Waals surface area (Å²) < 4.78 is 19.1. The lowest BCUT2D eigenvalue weighted by Crippen LogP contribution is -2.42. The minimum Gasteiger partial charge on any atom is -0.445 e. The van der Waals surface area contributed by atoms with Gasteiger partial charge < -0.3 is 10.1 Å². The van der Waals surface area contributed by atoms with E-state index in [4.69, 9.17) is 4.74 Å². The van der Waals surface area contributed by atoms with Gasteiger partial charge in [-0.15, -0.1) is 0 Å². The van der Waals surface area contributed by atoms with Crippen molar-refractivity contribution in [1.29, 1.82) is 0 Å². The summed E-state index contributed by atoms with van der Waals surface area (Å²) in [5.41, 5.74) is 3.21. The fourth-order valence-corrected chi connectivity index (χ4v) is 3.71. The number of carbonyl (C=O) groups excluding carboxylic acids is 1. The normalized spacial score (nSPS) is 22.5. The van der Waals surface area contributed by atoms with E-state index in [0.717, 1.165) is 30.5 Å². The number of halogens is 1. The van der Waals surface area contributed by atoms with Gasteiger partial charge in [-0.05, 0) is 48.2 Å². The molecule has 0 bridgehead atoms. The second-order valence-electron chi connectivity index (χ2n) is 6.59. The number of rotatable bonds is 2. The van der Waals surface area contributed by atoms with Gasteiger partial charge in [-0.25, -0.2) is 9.18 Å². The molecule has 5 heteroatoms. The Morgan fingerprint density at radius 1 is 1.16 bits per heavy atom. The molecule has 1 fully saturated rings. The topological polar surface area (TPSA) is 41.6 Å². The lowest BCUT2D eigenvalue weighted by atomic mass is 9.88. The maximum absolute atomic E-state index is 13.4. The van der Waals surface area contributed by atoms with Crippen molar-refractivity contribution in [3.8, 4) is 0 Å². The minimum absolute atomic E-state index is 0.0708. The molecule has 1 saturated heterocycles. The summed E-state index contributed by atoms with van der Waals surface area (Å²) in [7, 11) is 0. The highest BCUT2D eigenvalue weighted by atomic mass is 19.1. The molecule has 1 unspecified atom stereocenters. The molecule has 0 aliphatic carbocycles. The van der Waals surface area contributed by atoms with Crippen LogP contribution in [0.2, 0.25) is 0 Å². The Bertz CT molecular complexity index is 757. The summed E-state index contributed by atoms with van der Waals surface area (Å²) >= 11 is 0. The first-order valence-corrected chi connectivity index (χ1v) is 8.73. The number of hydrogen-bond donors (Lipinski definition) is 1. The Kier molecular flexibility index (Phi) is 4.40. The molecule has 0 saturated carbocycles. The SMILES string of the molecule is O=C(O[C@H]1CCNC1)N1CCc2ccccc2C1c1ccc(F)cc1. The number of hydrogen-bond acceptors (Lipinski definition) is 3. The van der Waals surface area contributed by atoms with E-state index in [1.165, 1.54) is 17.7 Å². The van der Waals surface area contributed by atoms with E-state index < -0.39 is 0 Å². The Hall–Kier alpha value is -2.40. The van der Waals surface area contributed by atoms with Gasteiger partial charge in [0.2, 0.25) is 0 Å². The van der Waals surface area contributed by atoms with E-state index >= 15 is 0 Å². The predicted molar refractivity (Wildman–Crippen MR) is 92.9 cm³/mol. The third-order valence-corrected chi connectivity index (χ3v) is 4.99. The first-order chi connectivity index (χ1) is 12.2. The van der Waals surface area contributed by atoms with Crippen molar-refractivity contribution in [3.05, 3.63) is 71.0 Å². The average molecular weight is 340 g/mol. The standard InChI is InChI=1S/C20H21FN2O2/c21-16-7-5-15(6-8-16)19-18-4-2-1-3-14(18)10-12-23(19)20(24)25-17-9-11-22-13-17/h1-8,17,19,22H,9-13H2/t17-,19?/m0/s1. The summed E-state index contributed by atoms with van der Waals surface area (Å²) in [4.78, 5) is 14.6. The van der Waals surface area contributed by atoms with Gasteiger partial charge in [0.15, 0.2) is 0 Å². The molecule has 0 radical (unpaired) electrons. The largest absolute Gasteiger partial charge is 0.445 e. The van der Waals surface area contributed by atoms with Crippen LogP contribution >= 0.6 is 0 Å². The zero-order valence-corrected chi connectivity index (χ0v) is 14.0. The number of amides is 1. The fraction of sp³-hybridized carbons (Fsp3) is 0.350. The molecule has 1 amide bonds. The number of nitrogens with one attached hydrogen (secondary N) is 1. The number of benzene rings is 2. The molecule has 0 spiro atoms. The van der Waals surface area contributed by atoms with Crippen LogP contribution in [-0.2, 0) is 11.2 Å². The highest BCUT2D eigenvalue weighted by Crippen LogP contribution is 2.35. The monoisotopic (exact) mass is 340 g/mol. The van der Waals surface area contributed by atoms with Gasteiger partial charge in [-0.2, -0.15) is 0 Å². The molecule has 1 N–H and O–H groups in total. The predicted octanol–water partition coefficient (Wildman–Crippen LogP) is 3.27. The summed E-state index contributed by atoms with van der Waals surface area (Å²) in [5, 5.41) is 3.21. The summed E-state index contributed by atoms with van der Waals surface area (Å²) in [6.07, 6.45) is 1.28.